The molecule has 2 aromatic heterocycles. The lowest BCUT2D eigenvalue weighted by molar-refractivity contribution is -0.384. The molecule has 1 fully saturated rings. The minimum atomic E-state index is -0.390. The number of nitrogens with zero attached hydrogens (tertiary/aromatic N) is 4. The minimum absolute atomic E-state index is 0.0770. The average Bonchev–Trinajstić information content (AvgIpc) is 3.50. The van der Waals surface area contributed by atoms with Gasteiger partial charge in [-0.3, -0.25) is 15.1 Å². The van der Waals surface area contributed by atoms with E-state index in [0.29, 0.717) is 10.1 Å². The summed E-state index contributed by atoms with van der Waals surface area (Å²) in [6, 6.07) is 28.6. The fraction of sp³-hybridized carbons (Fsp3) is 0.152. The zero-order valence-electron chi connectivity index (χ0n) is 23.7. The van der Waals surface area contributed by atoms with Gasteiger partial charge in [-0.1, -0.05) is 35.5 Å². The molecule has 10 heteroatoms. The maximum atomic E-state index is 11.0. The van der Waals surface area contributed by atoms with Gasteiger partial charge < -0.3 is 14.8 Å². The molecular weight excluding hydrogens is 598 g/mol. The number of non-ortho nitro benzene ring substituents is 1. The van der Waals surface area contributed by atoms with Crippen LogP contribution in [0.25, 0.3) is 5.69 Å². The Balaban J connectivity index is 1.39. The molecule has 7 nitrogen and oxygen atoms in total. The highest BCUT2D eigenvalue weighted by atomic mass is 35.5. The van der Waals surface area contributed by atoms with Gasteiger partial charge in [0, 0.05) is 55.9 Å². The maximum absolute atomic E-state index is 11.0. The Hall–Kier alpha value is -4.18. The summed E-state index contributed by atoms with van der Waals surface area (Å²) in [5.41, 5.74) is 7.48. The predicted octanol–water partition coefficient (Wildman–Crippen LogP) is 8.69. The second-order valence-electron chi connectivity index (χ2n) is 10.4. The number of aromatic nitrogens is 2. The lowest BCUT2D eigenvalue weighted by Crippen LogP contribution is -2.29. The molecular formula is C33H28ClN5O2S2. The number of benzene rings is 3. The van der Waals surface area contributed by atoms with Crippen molar-refractivity contribution in [1.29, 1.82) is 0 Å². The van der Waals surface area contributed by atoms with E-state index < -0.39 is 4.92 Å². The van der Waals surface area contributed by atoms with E-state index in [1.54, 1.807) is 23.9 Å². The number of nitrogens with one attached hydrogen (secondary N) is 1. The predicted molar refractivity (Wildman–Crippen MR) is 177 cm³/mol. The van der Waals surface area contributed by atoms with Crippen molar-refractivity contribution in [3.05, 3.63) is 141 Å². The van der Waals surface area contributed by atoms with Crippen LogP contribution in [0.2, 0.25) is 5.02 Å². The fourth-order valence-electron chi connectivity index (χ4n) is 5.68. The number of hydrogen-bond donors (Lipinski definition) is 1. The van der Waals surface area contributed by atoms with Gasteiger partial charge in [0.1, 0.15) is 0 Å². The van der Waals surface area contributed by atoms with E-state index in [-0.39, 0.29) is 17.8 Å². The van der Waals surface area contributed by atoms with Crippen LogP contribution >= 0.6 is 35.6 Å². The first-order valence-corrected chi connectivity index (χ1v) is 15.3. The summed E-state index contributed by atoms with van der Waals surface area (Å²) in [5.74, 6) is 0. The molecule has 0 aliphatic carbocycles. The van der Waals surface area contributed by atoms with E-state index >= 15 is 0 Å². The topological polar surface area (TPSA) is 76.2 Å². The van der Waals surface area contributed by atoms with Gasteiger partial charge in [0.15, 0.2) is 5.11 Å². The molecule has 1 aliphatic heterocycles. The Kier molecular flexibility index (Phi) is 7.96. The van der Waals surface area contributed by atoms with Crippen molar-refractivity contribution in [3.63, 3.8) is 0 Å². The van der Waals surface area contributed by atoms with Crippen molar-refractivity contribution in [3.8, 4) is 5.69 Å². The zero-order valence-corrected chi connectivity index (χ0v) is 26.1. The minimum Gasteiger partial charge on any atom is -0.351 e. The van der Waals surface area contributed by atoms with Gasteiger partial charge in [0.25, 0.3) is 5.69 Å². The molecule has 0 amide bonds. The first-order chi connectivity index (χ1) is 20.7. The summed E-state index contributed by atoms with van der Waals surface area (Å²) in [6.45, 7) is 6.35. The van der Waals surface area contributed by atoms with E-state index in [0.717, 1.165) is 49.4 Å². The van der Waals surface area contributed by atoms with Crippen LogP contribution in [0, 0.1) is 30.9 Å². The Labute approximate surface area is 264 Å². The van der Waals surface area contributed by atoms with Crippen molar-refractivity contribution in [2.24, 2.45) is 0 Å². The summed E-state index contributed by atoms with van der Waals surface area (Å²) < 4.78 is 2.26. The van der Waals surface area contributed by atoms with Crippen LogP contribution in [0.1, 0.15) is 40.3 Å². The monoisotopic (exact) mass is 625 g/mol. The summed E-state index contributed by atoms with van der Waals surface area (Å²) in [5, 5.41) is 15.9. The number of aryl methyl sites for hydroxylation is 2. The molecule has 0 unspecified atom stereocenters. The van der Waals surface area contributed by atoms with Crippen LogP contribution in [0.4, 0.5) is 11.4 Å². The third-order valence-electron chi connectivity index (χ3n) is 7.70. The number of rotatable bonds is 7. The SMILES string of the molecule is Cc1ccc(Cl)cc1-n1c(C)cc([C@@H]2[C@@H](c3ccccn3)NC(=S)N2c2ccc(Sc3ccc([N+](=O)[O-])cc3)cc2)c1C. The quantitative estimate of drug-likeness (QED) is 0.110. The number of nitro groups is 1. The van der Waals surface area contributed by atoms with Gasteiger partial charge >= 0.3 is 0 Å². The van der Waals surface area contributed by atoms with Crippen LogP contribution in [0.3, 0.4) is 0 Å². The van der Waals surface area contributed by atoms with E-state index in [2.05, 4.69) is 53.8 Å². The van der Waals surface area contributed by atoms with Crippen LogP contribution in [-0.2, 0) is 0 Å². The second-order valence-corrected chi connectivity index (χ2v) is 12.4. The fourth-order valence-corrected chi connectivity index (χ4v) is 7.01. The smallest absolute Gasteiger partial charge is 0.269 e. The number of nitro benzene ring substituents is 1. The lowest BCUT2D eigenvalue weighted by Gasteiger charge is -2.28. The maximum Gasteiger partial charge on any atom is 0.269 e. The molecule has 6 rings (SSSR count). The van der Waals surface area contributed by atoms with E-state index in [9.17, 15) is 10.1 Å². The van der Waals surface area contributed by atoms with Gasteiger partial charge in [-0.15, -0.1) is 0 Å². The largest absolute Gasteiger partial charge is 0.351 e. The normalized spacial score (nSPS) is 16.4. The number of pyridine rings is 1. The molecule has 1 aliphatic rings. The van der Waals surface area contributed by atoms with Gasteiger partial charge in [-0.25, -0.2) is 0 Å². The Morgan fingerprint density at radius 1 is 0.953 bits per heavy atom. The summed E-state index contributed by atoms with van der Waals surface area (Å²) in [4.78, 5) is 19.4. The first-order valence-electron chi connectivity index (χ1n) is 13.7. The summed E-state index contributed by atoms with van der Waals surface area (Å²) >= 11 is 13.9. The van der Waals surface area contributed by atoms with Crippen molar-refractivity contribution >= 4 is 52.1 Å². The molecule has 5 aromatic rings. The van der Waals surface area contributed by atoms with E-state index in [1.807, 2.05) is 54.7 Å². The highest BCUT2D eigenvalue weighted by molar-refractivity contribution is 7.99. The zero-order chi connectivity index (χ0) is 30.2. The van der Waals surface area contributed by atoms with Crippen LogP contribution in [-0.4, -0.2) is 19.6 Å². The van der Waals surface area contributed by atoms with E-state index in [4.69, 9.17) is 28.8 Å². The van der Waals surface area contributed by atoms with Crippen molar-refractivity contribution < 1.29 is 4.92 Å². The standard InChI is InChI=1S/C33H28ClN5O2S2/c1-20-7-8-23(34)19-30(20)37-21(2)18-28(22(37)3)32-31(29-6-4-5-17-35-29)36-33(42)38(32)24-9-13-26(14-10-24)43-27-15-11-25(12-16-27)39(40)41/h4-19,31-32H,1-3H3,(H,36,42)/t31-,32-/m1/s1. The first kappa shape index (κ1) is 28.9. The molecule has 43 heavy (non-hydrogen) atoms. The summed E-state index contributed by atoms with van der Waals surface area (Å²) in [6.07, 6.45) is 1.81. The molecule has 1 N–H and O–H groups in total. The van der Waals surface area contributed by atoms with Crippen molar-refractivity contribution in [2.45, 2.75) is 42.6 Å². The molecule has 2 atom stereocenters. The van der Waals surface area contributed by atoms with Gasteiger partial charge in [0.2, 0.25) is 0 Å². The average molecular weight is 626 g/mol. The molecule has 1 saturated heterocycles. The molecule has 3 heterocycles. The molecule has 3 aromatic carbocycles. The Morgan fingerprint density at radius 2 is 1.65 bits per heavy atom. The number of halogens is 1. The number of hydrogen-bond acceptors (Lipinski definition) is 5. The Bertz CT molecular complexity index is 1830. The third-order valence-corrected chi connectivity index (χ3v) is 9.26. The number of thiocarbonyl (C=S) groups is 1. The van der Waals surface area contributed by atoms with E-state index in [1.165, 1.54) is 12.1 Å². The highest BCUT2D eigenvalue weighted by Gasteiger charge is 2.42. The van der Waals surface area contributed by atoms with Crippen molar-refractivity contribution in [2.75, 3.05) is 4.90 Å². The molecule has 216 valence electrons. The number of anilines is 1. The third kappa shape index (κ3) is 5.63. The van der Waals surface area contributed by atoms with Crippen LogP contribution in [0.5, 0.6) is 0 Å². The molecule has 0 bridgehead atoms. The van der Waals surface area contributed by atoms with Crippen molar-refractivity contribution in [1.82, 2.24) is 14.9 Å². The molecule has 0 radical (unpaired) electrons. The Morgan fingerprint density at radius 3 is 2.30 bits per heavy atom. The second kappa shape index (κ2) is 11.8. The molecule has 0 saturated carbocycles. The lowest BCUT2D eigenvalue weighted by atomic mass is 9.96. The van der Waals surface area contributed by atoms with Crippen LogP contribution in [0.15, 0.2) is 107 Å². The summed E-state index contributed by atoms with van der Waals surface area (Å²) in [7, 11) is 0. The van der Waals surface area contributed by atoms with Gasteiger partial charge in [0.05, 0.1) is 22.7 Å². The highest BCUT2D eigenvalue weighted by Crippen LogP contribution is 2.44. The van der Waals surface area contributed by atoms with Crippen LogP contribution < -0.4 is 10.2 Å². The van der Waals surface area contributed by atoms with Gasteiger partial charge in [-0.2, -0.15) is 0 Å². The molecule has 0 spiro atoms. The van der Waals surface area contributed by atoms with Gasteiger partial charge in [-0.05, 0) is 111 Å².